The fourth-order valence-electron chi connectivity index (χ4n) is 1.87. The van der Waals surface area contributed by atoms with Crippen molar-refractivity contribution < 1.29 is 24.6 Å². The molecular weight excluding hydrogens is 268 g/mol. The van der Waals surface area contributed by atoms with Gasteiger partial charge in [-0.25, -0.2) is 0 Å². The minimum atomic E-state index is -0.899. The minimum absolute atomic E-state index is 0.0168. The number of carbonyl (C=O) groups is 2. The predicted molar refractivity (Wildman–Crippen MR) is 70.4 cm³/mol. The Labute approximate surface area is 117 Å². The molecule has 0 aromatic carbocycles. The van der Waals surface area contributed by atoms with Gasteiger partial charge in [-0.1, -0.05) is 13.8 Å². The van der Waals surface area contributed by atoms with E-state index in [9.17, 15) is 19.7 Å². The summed E-state index contributed by atoms with van der Waals surface area (Å²) in [4.78, 5) is 36.2. The fourth-order valence-corrected chi connectivity index (χ4v) is 1.87. The average Bonchev–Trinajstić information content (AvgIpc) is 2.30. The molecule has 0 aromatic rings. The average molecular weight is 290 g/mol. The van der Waals surface area contributed by atoms with Crippen LogP contribution in [-0.4, -0.2) is 35.2 Å². The molecule has 2 N–H and O–H groups in total. The van der Waals surface area contributed by atoms with Gasteiger partial charge in [-0.15, -0.1) is 10.1 Å². The highest BCUT2D eigenvalue weighted by Crippen LogP contribution is 2.14. The molecule has 0 radical (unpaired) electrons. The van der Waals surface area contributed by atoms with E-state index in [0.29, 0.717) is 12.5 Å². The van der Waals surface area contributed by atoms with Crippen LogP contribution in [-0.2, 0) is 14.4 Å². The first kappa shape index (κ1) is 18.1. The molecule has 1 unspecified atom stereocenters. The van der Waals surface area contributed by atoms with E-state index in [4.69, 9.17) is 5.11 Å². The second-order valence-electron chi connectivity index (χ2n) is 5.06. The zero-order chi connectivity index (χ0) is 15.5. The van der Waals surface area contributed by atoms with Crippen molar-refractivity contribution in [1.29, 1.82) is 0 Å². The lowest BCUT2D eigenvalue weighted by Crippen LogP contribution is -2.31. The zero-order valence-electron chi connectivity index (χ0n) is 11.8. The smallest absolute Gasteiger partial charge is 0.303 e. The fraction of sp³-hybridized carbons (Fsp3) is 0.833. The van der Waals surface area contributed by atoms with E-state index in [0.717, 1.165) is 6.42 Å². The van der Waals surface area contributed by atoms with Crippen molar-refractivity contribution in [2.45, 2.75) is 39.5 Å². The summed E-state index contributed by atoms with van der Waals surface area (Å²) in [6.45, 7) is 4.17. The van der Waals surface area contributed by atoms with Gasteiger partial charge in [0.2, 0.25) is 5.91 Å². The van der Waals surface area contributed by atoms with Crippen LogP contribution in [0.1, 0.15) is 39.5 Å². The molecule has 8 heteroatoms. The lowest BCUT2D eigenvalue weighted by molar-refractivity contribution is -0.757. The first-order valence-electron chi connectivity index (χ1n) is 6.57. The molecule has 0 fully saturated rings. The number of carboxylic acids is 1. The Balaban J connectivity index is 3.91. The summed E-state index contributed by atoms with van der Waals surface area (Å²) in [5.74, 6) is -0.892. The van der Waals surface area contributed by atoms with Crippen molar-refractivity contribution in [2.24, 2.45) is 11.8 Å². The maximum atomic E-state index is 11.5. The molecule has 0 saturated carbocycles. The molecular formula is C12H22N2O6. The van der Waals surface area contributed by atoms with Gasteiger partial charge in [0.15, 0.2) is 0 Å². The summed E-state index contributed by atoms with van der Waals surface area (Å²) in [6, 6.07) is 0. The molecule has 0 aromatic heterocycles. The van der Waals surface area contributed by atoms with Crippen molar-refractivity contribution in [3.8, 4) is 0 Å². The van der Waals surface area contributed by atoms with Gasteiger partial charge in [-0.3, -0.25) is 9.59 Å². The number of carboxylic acid groups (broad SMARTS) is 1. The van der Waals surface area contributed by atoms with Gasteiger partial charge in [0, 0.05) is 19.4 Å². The van der Waals surface area contributed by atoms with E-state index in [1.807, 2.05) is 13.8 Å². The molecule has 0 aliphatic carbocycles. The van der Waals surface area contributed by atoms with Crippen molar-refractivity contribution in [2.75, 3.05) is 13.2 Å². The second-order valence-corrected chi connectivity index (χ2v) is 5.06. The van der Waals surface area contributed by atoms with Crippen LogP contribution in [0.4, 0.5) is 0 Å². The summed E-state index contributed by atoms with van der Waals surface area (Å²) in [7, 11) is 0. The third-order valence-electron chi connectivity index (χ3n) is 2.60. The van der Waals surface area contributed by atoms with Gasteiger partial charge >= 0.3 is 5.97 Å². The van der Waals surface area contributed by atoms with Crippen molar-refractivity contribution in [1.82, 2.24) is 5.32 Å². The molecule has 0 bridgehead atoms. The summed E-state index contributed by atoms with van der Waals surface area (Å²) in [6.07, 6.45) is 1.11. The van der Waals surface area contributed by atoms with Gasteiger partial charge in [-0.05, 0) is 24.7 Å². The van der Waals surface area contributed by atoms with Crippen LogP contribution in [0.25, 0.3) is 0 Å². The topological polar surface area (TPSA) is 119 Å². The first-order valence-corrected chi connectivity index (χ1v) is 6.57. The van der Waals surface area contributed by atoms with Crippen LogP contribution >= 0.6 is 0 Å². The number of aliphatic carboxylic acids is 1. The number of hydrogen-bond acceptors (Lipinski definition) is 5. The van der Waals surface area contributed by atoms with Crippen LogP contribution in [0.15, 0.2) is 0 Å². The van der Waals surface area contributed by atoms with Crippen LogP contribution in [0.2, 0.25) is 0 Å². The van der Waals surface area contributed by atoms with Crippen molar-refractivity contribution >= 4 is 11.9 Å². The monoisotopic (exact) mass is 290 g/mol. The van der Waals surface area contributed by atoms with E-state index in [-0.39, 0.29) is 37.7 Å². The highest BCUT2D eigenvalue weighted by molar-refractivity contribution is 5.75. The molecule has 0 rings (SSSR count). The van der Waals surface area contributed by atoms with E-state index in [2.05, 4.69) is 10.2 Å². The number of hydrogen-bond donors (Lipinski definition) is 2. The van der Waals surface area contributed by atoms with Crippen molar-refractivity contribution in [3.63, 3.8) is 0 Å². The molecule has 0 aliphatic heterocycles. The van der Waals surface area contributed by atoms with Gasteiger partial charge in [0.05, 0.1) is 6.61 Å². The maximum absolute atomic E-state index is 11.5. The first-order chi connectivity index (χ1) is 9.31. The van der Waals surface area contributed by atoms with Crippen LogP contribution in [0.3, 0.4) is 0 Å². The molecule has 0 heterocycles. The van der Waals surface area contributed by atoms with Gasteiger partial charge in [-0.2, -0.15) is 0 Å². The Bertz CT molecular complexity index is 332. The predicted octanol–water partition coefficient (Wildman–Crippen LogP) is 1.23. The quantitative estimate of drug-likeness (QED) is 0.335. The standard InChI is InChI=1S/C12H22N2O6/c1-9(2)6-10(7-12(16)17)8-13-11(15)4-3-5-20-14(18)19/h9-10H,3-8H2,1-2H3,(H,13,15)(H,16,17). The Morgan fingerprint density at radius 1 is 1.40 bits per heavy atom. The Morgan fingerprint density at radius 2 is 2.05 bits per heavy atom. The molecule has 0 aliphatic rings. The van der Waals surface area contributed by atoms with Crippen molar-refractivity contribution in [3.05, 3.63) is 10.1 Å². The lowest BCUT2D eigenvalue weighted by atomic mass is 9.94. The summed E-state index contributed by atoms with van der Waals surface area (Å²) >= 11 is 0. The highest BCUT2D eigenvalue weighted by atomic mass is 16.9. The van der Waals surface area contributed by atoms with E-state index in [1.165, 1.54) is 0 Å². The lowest BCUT2D eigenvalue weighted by Gasteiger charge is -2.17. The van der Waals surface area contributed by atoms with Gasteiger partial charge in [0.1, 0.15) is 0 Å². The Hall–Kier alpha value is -1.86. The number of carbonyl (C=O) groups excluding carboxylic acids is 1. The third-order valence-corrected chi connectivity index (χ3v) is 2.60. The maximum Gasteiger partial charge on any atom is 0.303 e. The van der Waals surface area contributed by atoms with E-state index >= 15 is 0 Å². The molecule has 0 saturated heterocycles. The molecule has 0 spiro atoms. The van der Waals surface area contributed by atoms with Crippen LogP contribution in [0, 0.1) is 22.0 Å². The molecule has 1 atom stereocenters. The minimum Gasteiger partial charge on any atom is -0.481 e. The highest BCUT2D eigenvalue weighted by Gasteiger charge is 2.16. The summed E-state index contributed by atoms with van der Waals surface area (Å²) < 4.78 is 0. The number of nitrogens with one attached hydrogen (secondary N) is 1. The SMILES string of the molecule is CC(C)CC(CNC(=O)CCCO[N+](=O)[O-])CC(=O)O. The van der Waals surface area contributed by atoms with E-state index in [1.54, 1.807) is 0 Å². The molecule has 1 amide bonds. The van der Waals surface area contributed by atoms with Crippen LogP contribution in [0.5, 0.6) is 0 Å². The molecule has 20 heavy (non-hydrogen) atoms. The zero-order valence-corrected chi connectivity index (χ0v) is 11.8. The van der Waals surface area contributed by atoms with E-state index < -0.39 is 11.1 Å². The van der Waals surface area contributed by atoms with Crippen LogP contribution < -0.4 is 5.32 Å². The Morgan fingerprint density at radius 3 is 2.55 bits per heavy atom. The molecule has 116 valence electrons. The Kier molecular flexibility index (Phi) is 9.06. The number of nitrogens with zero attached hydrogens (tertiary/aromatic N) is 1. The number of rotatable bonds is 11. The third kappa shape index (κ3) is 11.2. The van der Waals surface area contributed by atoms with Gasteiger partial charge in [0.25, 0.3) is 5.09 Å². The summed E-state index contributed by atoms with van der Waals surface area (Å²) in [5, 5.41) is 20.4. The second kappa shape index (κ2) is 9.99. The largest absolute Gasteiger partial charge is 0.481 e. The molecule has 8 nitrogen and oxygen atoms in total. The van der Waals surface area contributed by atoms with Gasteiger partial charge < -0.3 is 15.3 Å². The number of amides is 1. The normalized spacial score (nSPS) is 11.9. The summed E-state index contributed by atoms with van der Waals surface area (Å²) in [5.41, 5.74) is 0.